The van der Waals surface area contributed by atoms with Crippen LogP contribution in [0.3, 0.4) is 0 Å². The molecule has 0 radical (unpaired) electrons. The molecule has 0 saturated heterocycles. The third-order valence-electron chi connectivity index (χ3n) is 4.47. The molecule has 4 rings (SSSR count). The standard InChI is InChI=1S/C20H19N3O6/c1-20(14-9-6-10-23(14)2)28-13-8-5-7-12(17(13)18(24)29-20)27-19-21-15(25-3)11-16(22-19)26-4/h5-11H,1-4H3. The molecule has 150 valence electrons. The van der Waals surface area contributed by atoms with Crippen molar-refractivity contribution in [1.82, 2.24) is 14.5 Å². The van der Waals surface area contributed by atoms with E-state index in [1.54, 1.807) is 25.1 Å². The zero-order valence-corrected chi connectivity index (χ0v) is 16.3. The van der Waals surface area contributed by atoms with Crippen LogP contribution < -0.4 is 18.9 Å². The van der Waals surface area contributed by atoms with E-state index in [2.05, 4.69) is 9.97 Å². The third-order valence-corrected chi connectivity index (χ3v) is 4.47. The van der Waals surface area contributed by atoms with Crippen molar-refractivity contribution < 1.29 is 28.5 Å². The van der Waals surface area contributed by atoms with Gasteiger partial charge in [0.15, 0.2) is 0 Å². The predicted molar refractivity (Wildman–Crippen MR) is 100 cm³/mol. The van der Waals surface area contributed by atoms with E-state index >= 15 is 0 Å². The second-order valence-electron chi connectivity index (χ2n) is 6.41. The first-order valence-electron chi connectivity index (χ1n) is 8.75. The summed E-state index contributed by atoms with van der Waals surface area (Å²) < 4.78 is 29.5. The lowest BCUT2D eigenvalue weighted by Crippen LogP contribution is -2.40. The summed E-state index contributed by atoms with van der Waals surface area (Å²) in [6.07, 6.45) is 1.85. The second-order valence-corrected chi connectivity index (χ2v) is 6.41. The van der Waals surface area contributed by atoms with E-state index < -0.39 is 11.8 Å². The minimum Gasteiger partial charge on any atom is -0.481 e. The summed E-state index contributed by atoms with van der Waals surface area (Å²) in [5.41, 5.74) is 0.841. The highest BCUT2D eigenvalue weighted by molar-refractivity contribution is 5.96. The molecule has 1 atom stereocenters. The van der Waals surface area contributed by atoms with Crippen LogP contribution >= 0.6 is 0 Å². The van der Waals surface area contributed by atoms with Gasteiger partial charge in [-0.25, -0.2) is 4.79 Å². The lowest BCUT2D eigenvalue weighted by molar-refractivity contribution is -0.152. The molecule has 0 bridgehead atoms. The summed E-state index contributed by atoms with van der Waals surface area (Å²) >= 11 is 0. The average molecular weight is 397 g/mol. The van der Waals surface area contributed by atoms with Crippen molar-refractivity contribution in [2.45, 2.75) is 12.7 Å². The fourth-order valence-corrected chi connectivity index (χ4v) is 3.12. The zero-order chi connectivity index (χ0) is 20.6. The number of aromatic nitrogens is 3. The summed E-state index contributed by atoms with van der Waals surface area (Å²) in [5, 5.41) is 0. The molecular weight excluding hydrogens is 378 g/mol. The number of rotatable bonds is 5. The Morgan fingerprint density at radius 1 is 1.03 bits per heavy atom. The Labute approximate surface area is 166 Å². The number of esters is 1. The van der Waals surface area contributed by atoms with E-state index in [0.717, 1.165) is 0 Å². The lowest BCUT2D eigenvalue weighted by atomic mass is 10.1. The lowest BCUT2D eigenvalue weighted by Gasteiger charge is -2.35. The predicted octanol–water partition coefficient (Wildman–Crippen LogP) is 3.05. The van der Waals surface area contributed by atoms with Crippen LogP contribution in [-0.4, -0.2) is 34.7 Å². The smallest absolute Gasteiger partial charge is 0.349 e. The molecule has 1 unspecified atom stereocenters. The summed E-state index contributed by atoms with van der Waals surface area (Å²) in [5.74, 6) is -0.815. The van der Waals surface area contributed by atoms with E-state index in [1.165, 1.54) is 20.3 Å². The molecule has 0 fully saturated rings. The van der Waals surface area contributed by atoms with Gasteiger partial charge >= 0.3 is 12.0 Å². The molecule has 0 aliphatic carbocycles. The molecule has 2 aromatic heterocycles. The number of hydrogen-bond acceptors (Lipinski definition) is 8. The van der Waals surface area contributed by atoms with Gasteiger partial charge in [-0.1, -0.05) is 6.07 Å². The number of methoxy groups -OCH3 is 2. The number of aryl methyl sites for hydroxylation is 1. The number of hydrogen-bond donors (Lipinski definition) is 0. The maximum absolute atomic E-state index is 12.9. The van der Waals surface area contributed by atoms with Crippen LogP contribution in [0.4, 0.5) is 0 Å². The number of cyclic esters (lactones) is 1. The number of carbonyl (C=O) groups is 1. The molecule has 0 N–H and O–H groups in total. The van der Waals surface area contributed by atoms with Gasteiger partial charge in [0.1, 0.15) is 22.8 Å². The van der Waals surface area contributed by atoms with Crippen molar-refractivity contribution in [1.29, 1.82) is 0 Å². The molecule has 3 aromatic rings. The van der Waals surface area contributed by atoms with E-state index in [4.69, 9.17) is 23.7 Å². The molecule has 1 aliphatic heterocycles. The van der Waals surface area contributed by atoms with Crippen molar-refractivity contribution in [3.63, 3.8) is 0 Å². The first-order chi connectivity index (χ1) is 13.9. The number of benzene rings is 1. The Hall–Kier alpha value is -3.75. The van der Waals surface area contributed by atoms with Gasteiger partial charge in [0, 0.05) is 20.2 Å². The number of ether oxygens (including phenoxy) is 5. The van der Waals surface area contributed by atoms with Gasteiger partial charge in [-0.2, -0.15) is 9.97 Å². The van der Waals surface area contributed by atoms with Crippen LogP contribution in [-0.2, 0) is 17.6 Å². The van der Waals surface area contributed by atoms with Crippen molar-refractivity contribution in [3.05, 3.63) is 53.9 Å². The normalized spacial score (nSPS) is 17.7. The number of fused-ring (bicyclic) bond motifs is 1. The van der Waals surface area contributed by atoms with Gasteiger partial charge in [0.05, 0.1) is 20.3 Å². The van der Waals surface area contributed by atoms with Gasteiger partial charge in [-0.05, 0) is 24.3 Å². The number of carbonyl (C=O) groups excluding carboxylic acids is 1. The molecule has 9 heteroatoms. The minimum atomic E-state index is -1.27. The molecule has 9 nitrogen and oxygen atoms in total. The Kier molecular flexibility index (Phi) is 4.50. The van der Waals surface area contributed by atoms with Crippen LogP contribution in [0.1, 0.15) is 23.0 Å². The minimum absolute atomic E-state index is 0.0434. The highest BCUT2D eigenvalue weighted by Gasteiger charge is 2.43. The highest BCUT2D eigenvalue weighted by Crippen LogP contribution is 2.42. The average Bonchev–Trinajstić information content (AvgIpc) is 3.14. The van der Waals surface area contributed by atoms with Crippen LogP contribution in [0.2, 0.25) is 0 Å². The Morgan fingerprint density at radius 3 is 2.38 bits per heavy atom. The Morgan fingerprint density at radius 2 is 1.76 bits per heavy atom. The van der Waals surface area contributed by atoms with E-state index in [-0.39, 0.29) is 29.1 Å². The Balaban J connectivity index is 1.71. The maximum Gasteiger partial charge on any atom is 0.349 e. The largest absolute Gasteiger partial charge is 0.481 e. The summed E-state index contributed by atoms with van der Waals surface area (Å²) in [6, 6.07) is 10.1. The van der Waals surface area contributed by atoms with Crippen LogP contribution in [0, 0.1) is 0 Å². The molecule has 0 amide bonds. The maximum atomic E-state index is 12.9. The molecular formula is C20H19N3O6. The fraction of sp³-hybridized carbons (Fsp3) is 0.250. The van der Waals surface area contributed by atoms with Crippen LogP contribution in [0.15, 0.2) is 42.6 Å². The van der Waals surface area contributed by atoms with E-state index in [9.17, 15) is 4.79 Å². The molecule has 1 aromatic carbocycles. The van der Waals surface area contributed by atoms with Gasteiger partial charge in [0.25, 0.3) is 5.79 Å². The summed E-state index contributed by atoms with van der Waals surface area (Å²) in [4.78, 5) is 21.1. The topological polar surface area (TPSA) is 93.9 Å². The van der Waals surface area contributed by atoms with Crippen LogP contribution in [0.5, 0.6) is 29.3 Å². The second kappa shape index (κ2) is 7.01. The highest BCUT2D eigenvalue weighted by atomic mass is 16.7. The fourth-order valence-electron chi connectivity index (χ4n) is 3.12. The van der Waals surface area contributed by atoms with Crippen molar-refractivity contribution >= 4 is 5.97 Å². The van der Waals surface area contributed by atoms with Crippen molar-refractivity contribution in [3.8, 4) is 29.3 Å². The summed E-state index contributed by atoms with van der Waals surface area (Å²) in [6.45, 7) is 1.69. The number of nitrogens with zero attached hydrogens (tertiary/aromatic N) is 3. The first-order valence-corrected chi connectivity index (χ1v) is 8.75. The third kappa shape index (κ3) is 3.31. The van der Waals surface area contributed by atoms with Crippen LogP contribution in [0.25, 0.3) is 0 Å². The molecule has 0 spiro atoms. The van der Waals surface area contributed by atoms with Gasteiger partial charge < -0.3 is 28.3 Å². The molecule has 3 heterocycles. The summed E-state index contributed by atoms with van der Waals surface area (Å²) in [7, 11) is 4.78. The van der Waals surface area contributed by atoms with Gasteiger partial charge in [0.2, 0.25) is 11.8 Å². The van der Waals surface area contributed by atoms with E-state index in [0.29, 0.717) is 11.4 Å². The van der Waals surface area contributed by atoms with Gasteiger partial charge in [-0.3, -0.25) is 0 Å². The van der Waals surface area contributed by atoms with Crippen molar-refractivity contribution in [2.24, 2.45) is 7.05 Å². The first kappa shape index (κ1) is 18.6. The molecule has 29 heavy (non-hydrogen) atoms. The monoisotopic (exact) mass is 397 g/mol. The molecule has 0 saturated carbocycles. The van der Waals surface area contributed by atoms with Gasteiger partial charge in [-0.15, -0.1) is 0 Å². The SMILES string of the molecule is COc1cc(OC)nc(Oc2cccc3c2C(=O)OC(C)(c2cccn2C)O3)n1. The quantitative estimate of drug-likeness (QED) is 0.607. The zero-order valence-electron chi connectivity index (χ0n) is 16.3. The van der Waals surface area contributed by atoms with E-state index in [1.807, 2.05) is 29.9 Å². The van der Waals surface area contributed by atoms with Crippen molar-refractivity contribution in [2.75, 3.05) is 14.2 Å². The molecule has 1 aliphatic rings. The Bertz CT molecular complexity index is 1060.